The molecule has 1 N–H and O–H groups in total. The highest BCUT2D eigenvalue weighted by atomic mass is 35.5. The van der Waals surface area contributed by atoms with E-state index in [1.807, 2.05) is 18.3 Å². The van der Waals surface area contributed by atoms with E-state index in [0.717, 1.165) is 30.2 Å². The highest BCUT2D eigenvalue weighted by molar-refractivity contribution is 6.17. The lowest BCUT2D eigenvalue weighted by Gasteiger charge is -2.03. The standard InChI is InChI=1S/C14H16ClNO3/c1-18-14(17)19-11-5-6-13-12(8-11)10(9-16-13)4-2-3-7-15/h5-6,8-9,16H,2-4,7H2,1H3. The van der Waals surface area contributed by atoms with Crippen LogP contribution in [-0.4, -0.2) is 24.1 Å². The van der Waals surface area contributed by atoms with Gasteiger partial charge in [-0.05, 0) is 43.0 Å². The molecule has 0 saturated heterocycles. The van der Waals surface area contributed by atoms with Crippen LogP contribution < -0.4 is 4.74 Å². The molecule has 0 unspecified atom stereocenters. The number of nitrogens with one attached hydrogen (secondary N) is 1. The molecule has 4 nitrogen and oxygen atoms in total. The molecule has 0 bridgehead atoms. The summed E-state index contributed by atoms with van der Waals surface area (Å²) in [6.07, 6.45) is 4.26. The number of alkyl halides is 1. The van der Waals surface area contributed by atoms with Crippen molar-refractivity contribution in [3.05, 3.63) is 30.0 Å². The molecule has 0 radical (unpaired) electrons. The van der Waals surface area contributed by atoms with E-state index in [1.165, 1.54) is 12.7 Å². The van der Waals surface area contributed by atoms with E-state index in [9.17, 15) is 4.79 Å². The number of hydrogen-bond acceptors (Lipinski definition) is 3. The number of aryl methyl sites for hydroxylation is 1. The molecule has 1 heterocycles. The monoisotopic (exact) mass is 281 g/mol. The first-order valence-electron chi connectivity index (χ1n) is 6.16. The number of H-pyrrole nitrogens is 1. The van der Waals surface area contributed by atoms with Crippen molar-refractivity contribution in [3.63, 3.8) is 0 Å². The number of unbranched alkanes of at least 4 members (excludes halogenated alkanes) is 1. The summed E-state index contributed by atoms with van der Waals surface area (Å²) < 4.78 is 9.50. The molecule has 2 aromatic rings. The number of aromatic amines is 1. The lowest BCUT2D eigenvalue weighted by Crippen LogP contribution is -2.06. The summed E-state index contributed by atoms with van der Waals surface area (Å²) in [7, 11) is 1.29. The number of aromatic nitrogens is 1. The third kappa shape index (κ3) is 3.41. The molecule has 0 aliphatic rings. The van der Waals surface area contributed by atoms with Gasteiger partial charge in [-0.1, -0.05) is 0 Å². The van der Waals surface area contributed by atoms with Crippen molar-refractivity contribution in [1.29, 1.82) is 0 Å². The van der Waals surface area contributed by atoms with Gasteiger partial charge in [0.1, 0.15) is 5.75 Å². The number of methoxy groups -OCH3 is 1. The zero-order valence-corrected chi connectivity index (χ0v) is 11.5. The Morgan fingerprint density at radius 3 is 2.95 bits per heavy atom. The van der Waals surface area contributed by atoms with Gasteiger partial charge in [0, 0.05) is 23.0 Å². The van der Waals surface area contributed by atoms with Crippen LogP contribution in [0.25, 0.3) is 10.9 Å². The molecule has 0 aliphatic carbocycles. The maximum atomic E-state index is 11.1. The minimum absolute atomic E-state index is 0.484. The lowest BCUT2D eigenvalue weighted by atomic mass is 10.1. The first kappa shape index (κ1) is 13.7. The van der Waals surface area contributed by atoms with Gasteiger partial charge < -0.3 is 14.5 Å². The smallest absolute Gasteiger partial charge is 0.437 e. The van der Waals surface area contributed by atoms with Gasteiger partial charge in [-0.25, -0.2) is 4.79 Å². The van der Waals surface area contributed by atoms with Gasteiger partial charge in [-0.3, -0.25) is 0 Å². The van der Waals surface area contributed by atoms with E-state index < -0.39 is 6.16 Å². The number of carbonyl (C=O) groups excluding carboxylic acids is 1. The Hall–Kier alpha value is -1.68. The summed E-state index contributed by atoms with van der Waals surface area (Å²) in [6, 6.07) is 5.47. The molecule has 0 amide bonds. The molecular formula is C14H16ClNO3. The van der Waals surface area contributed by atoms with E-state index in [0.29, 0.717) is 11.6 Å². The van der Waals surface area contributed by atoms with E-state index in [4.69, 9.17) is 16.3 Å². The summed E-state index contributed by atoms with van der Waals surface area (Å²) in [5.74, 6) is 1.16. The Morgan fingerprint density at radius 1 is 1.37 bits per heavy atom. The summed E-state index contributed by atoms with van der Waals surface area (Å²) >= 11 is 5.68. The Bertz CT molecular complexity index is 565. The van der Waals surface area contributed by atoms with Crippen molar-refractivity contribution in [2.24, 2.45) is 0 Å². The van der Waals surface area contributed by atoms with Crippen LogP contribution in [0.4, 0.5) is 4.79 Å². The van der Waals surface area contributed by atoms with Crippen molar-refractivity contribution in [1.82, 2.24) is 4.98 Å². The summed E-state index contributed by atoms with van der Waals surface area (Å²) in [5, 5.41) is 1.07. The van der Waals surface area contributed by atoms with Crippen LogP contribution >= 0.6 is 11.6 Å². The number of fused-ring (bicyclic) bond motifs is 1. The van der Waals surface area contributed by atoms with Crippen LogP contribution in [0.2, 0.25) is 0 Å². The Balaban J connectivity index is 2.19. The molecular weight excluding hydrogens is 266 g/mol. The van der Waals surface area contributed by atoms with Crippen molar-refractivity contribution in [2.45, 2.75) is 19.3 Å². The van der Waals surface area contributed by atoms with Crippen LogP contribution in [0.1, 0.15) is 18.4 Å². The molecule has 1 aromatic heterocycles. The predicted octanol–water partition coefficient (Wildman–Crippen LogP) is 3.87. The third-order valence-corrected chi connectivity index (χ3v) is 3.20. The fourth-order valence-corrected chi connectivity index (χ4v) is 2.16. The fourth-order valence-electron chi connectivity index (χ4n) is 1.98. The molecule has 102 valence electrons. The minimum Gasteiger partial charge on any atom is -0.437 e. The normalized spacial score (nSPS) is 10.6. The van der Waals surface area contributed by atoms with Gasteiger partial charge >= 0.3 is 6.16 Å². The zero-order chi connectivity index (χ0) is 13.7. The summed E-state index contributed by atoms with van der Waals surface area (Å²) in [4.78, 5) is 14.3. The molecule has 19 heavy (non-hydrogen) atoms. The Labute approximate surface area is 116 Å². The van der Waals surface area contributed by atoms with Gasteiger partial charge in [0.25, 0.3) is 0 Å². The fraction of sp³-hybridized carbons (Fsp3) is 0.357. The van der Waals surface area contributed by atoms with Crippen molar-refractivity contribution in [2.75, 3.05) is 13.0 Å². The second kappa shape index (κ2) is 6.48. The molecule has 2 rings (SSSR count). The van der Waals surface area contributed by atoms with Crippen LogP contribution in [0.5, 0.6) is 5.75 Å². The highest BCUT2D eigenvalue weighted by Gasteiger charge is 2.08. The van der Waals surface area contributed by atoms with Gasteiger partial charge in [0.15, 0.2) is 0 Å². The number of rotatable bonds is 5. The highest BCUT2D eigenvalue weighted by Crippen LogP contribution is 2.25. The summed E-state index contributed by atoms with van der Waals surface area (Å²) in [5.41, 5.74) is 2.23. The van der Waals surface area contributed by atoms with Gasteiger partial charge in [-0.15, -0.1) is 11.6 Å². The number of hydrogen-bond donors (Lipinski definition) is 1. The van der Waals surface area contributed by atoms with E-state index in [-0.39, 0.29) is 0 Å². The molecule has 0 fully saturated rings. The van der Waals surface area contributed by atoms with Crippen LogP contribution in [0.15, 0.2) is 24.4 Å². The quantitative estimate of drug-likeness (QED) is 0.392. The van der Waals surface area contributed by atoms with Crippen LogP contribution in [0.3, 0.4) is 0 Å². The number of ether oxygens (including phenoxy) is 2. The average Bonchev–Trinajstić information content (AvgIpc) is 2.82. The second-order valence-corrected chi connectivity index (χ2v) is 4.60. The van der Waals surface area contributed by atoms with Gasteiger partial charge in [-0.2, -0.15) is 0 Å². The van der Waals surface area contributed by atoms with E-state index in [2.05, 4.69) is 9.72 Å². The first-order chi connectivity index (χ1) is 9.24. The first-order valence-corrected chi connectivity index (χ1v) is 6.70. The average molecular weight is 282 g/mol. The molecule has 0 aliphatic heterocycles. The Morgan fingerprint density at radius 2 is 2.21 bits per heavy atom. The maximum Gasteiger partial charge on any atom is 0.513 e. The minimum atomic E-state index is -0.710. The topological polar surface area (TPSA) is 51.3 Å². The van der Waals surface area contributed by atoms with Crippen molar-refractivity contribution >= 4 is 28.7 Å². The van der Waals surface area contributed by atoms with Gasteiger partial charge in [0.05, 0.1) is 7.11 Å². The number of benzene rings is 1. The predicted molar refractivity (Wildman–Crippen MR) is 75.0 cm³/mol. The summed E-state index contributed by atoms with van der Waals surface area (Å²) in [6.45, 7) is 0. The van der Waals surface area contributed by atoms with Crippen molar-refractivity contribution in [3.8, 4) is 5.75 Å². The number of halogens is 1. The molecule has 0 atom stereocenters. The molecule has 5 heteroatoms. The molecule has 0 spiro atoms. The SMILES string of the molecule is COC(=O)Oc1ccc2[nH]cc(CCCCCl)c2c1. The zero-order valence-electron chi connectivity index (χ0n) is 10.7. The van der Waals surface area contributed by atoms with Gasteiger partial charge in [0.2, 0.25) is 0 Å². The Kier molecular flexibility index (Phi) is 4.68. The van der Waals surface area contributed by atoms with E-state index in [1.54, 1.807) is 6.07 Å². The largest absolute Gasteiger partial charge is 0.513 e. The van der Waals surface area contributed by atoms with Crippen LogP contribution in [0, 0.1) is 0 Å². The van der Waals surface area contributed by atoms with Crippen LogP contribution in [-0.2, 0) is 11.2 Å². The number of carbonyl (C=O) groups is 1. The third-order valence-electron chi connectivity index (χ3n) is 2.94. The van der Waals surface area contributed by atoms with E-state index >= 15 is 0 Å². The lowest BCUT2D eigenvalue weighted by molar-refractivity contribution is 0.121. The maximum absolute atomic E-state index is 11.1. The molecule has 1 aromatic carbocycles. The second-order valence-electron chi connectivity index (χ2n) is 4.22. The van der Waals surface area contributed by atoms with Crippen molar-refractivity contribution < 1.29 is 14.3 Å². The molecule has 0 saturated carbocycles.